The predicted molar refractivity (Wildman–Crippen MR) is 177 cm³/mol. The Morgan fingerprint density at radius 2 is 1.55 bits per heavy atom. The lowest BCUT2D eigenvalue weighted by molar-refractivity contribution is -0.137. The maximum atomic E-state index is 14.9. The maximum absolute atomic E-state index is 14.9. The number of nitrogens with zero attached hydrogens (tertiary/aromatic N) is 4. The molecule has 3 aromatic carbocycles. The first-order chi connectivity index (χ1) is 31.2. The molecule has 0 spiro atoms. The molecule has 0 aliphatic heterocycles. The topological polar surface area (TPSA) is 58.4 Å². The van der Waals surface area contributed by atoms with E-state index in [0.29, 0.717) is 13.8 Å². The first kappa shape index (κ1) is 16.0. The van der Waals surface area contributed by atoms with Gasteiger partial charge in [-0.05, 0) is 78.7 Å². The van der Waals surface area contributed by atoms with Crippen LogP contribution >= 0.6 is 11.8 Å². The van der Waals surface area contributed by atoms with Crippen molar-refractivity contribution in [1.82, 2.24) is 19.4 Å². The molecule has 47 heavy (non-hydrogen) atoms. The van der Waals surface area contributed by atoms with E-state index >= 15 is 0 Å². The van der Waals surface area contributed by atoms with Crippen LogP contribution in [0, 0.1) is 5.82 Å². The average Bonchev–Trinajstić information content (AvgIpc) is 3.69. The van der Waals surface area contributed by atoms with Gasteiger partial charge in [-0.15, -0.1) is 0 Å². The lowest BCUT2D eigenvalue weighted by Crippen LogP contribution is -2.40. The maximum Gasteiger partial charge on any atom is 0.416 e. The van der Waals surface area contributed by atoms with Crippen LogP contribution in [0.15, 0.2) is 82.5 Å². The zero-order valence-electron chi connectivity index (χ0n) is 46.6. The van der Waals surface area contributed by atoms with Crippen LogP contribution in [-0.4, -0.2) is 51.2 Å². The van der Waals surface area contributed by atoms with Crippen molar-refractivity contribution in [2.24, 2.45) is 0 Å². The molecule has 0 bridgehead atoms. The van der Waals surface area contributed by atoms with Crippen LogP contribution in [0.4, 0.5) is 17.6 Å². The second-order valence-electron chi connectivity index (χ2n) is 9.55. The molecule has 0 saturated carbocycles. The molecule has 248 valence electrons. The van der Waals surface area contributed by atoms with Crippen molar-refractivity contribution in [3.05, 3.63) is 117 Å². The van der Waals surface area contributed by atoms with E-state index in [1.807, 2.05) is 0 Å². The Balaban J connectivity index is 1.78. The number of halogens is 4. The van der Waals surface area contributed by atoms with Crippen molar-refractivity contribution < 1.29 is 52.5 Å². The van der Waals surface area contributed by atoms with Crippen LogP contribution in [0.1, 0.15) is 78.4 Å². The van der Waals surface area contributed by atoms with Gasteiger partial charge in [0.1, 0.15) is 12.4 Å². The fraction of sp³-hybridized carbons (Fsp3) is 0.361. The fourth-order valence-corrected chi connectivity index (χ4v) is 5.01. The zero-order valence-corrected chi connectivity index (χ0v) is 25.4. The van der Waals surface area contributed by atoms with Gasteiger partial charge in [0, 0.05) is 47.5 Å². The molecule has 1 amide bonds. The number of fused-ring (bicyclic) bond motifs is 1. The van der Waals surface area contributed by atoms with Crippen molar-refractivity contribution in [1.29, 1.82) is 0 Å². The summed E-state index contributed by atoms with van der Waals surface area (Å²) >= 11 is -0.0648. The van der Waals surface area contributed by atoms with Gasteiger partial charge in [0.05, 0.1) is 24.8 Å². The standard InChI is InChI=1S/C36H38F4N4O2S/c1-3-42(4-2)20-21-43(22-25-8-12-27(13-9-25)28-14-16-29(17-15-28)36(38,39)40)33(45)23-44-32-7-5-6-31(32)34(46)41-35(44)47-24-26-10-18-30(37)19-11-26/h8-19H,3-7,20-24H2,1-2H3/i3D2,4D2,8D,9D,10D,11D,12D,13D,14D,15D,16D,17D,18D,19D,20D2,21D2,24D2. The van der Waals surface area contributed by atoms with E-state index in [1.54, 1.807) is 0 Å². The largest absolute Gasteiger partial charge is 0.416 e. The third kappa shape index (κ3) is 8.70. The molecular weight excluding hydrogens is 628 g/mol. The fourth-order valence-electron chi connectivity index (χ4n) is 4.30. The molecule has 1 aliphatic rings. The van der Waals surface area contributed by atoms with Crippen LogP contribution in [0.3, 0.4) is 0 Å². The molecule has 11 heteroatoms. The molecule has 0 N–H and O–H groups in total. The molecule has 0 atom stereocenters. The van der Waals surface area contributed by atoms with Crippen molar-refractivity contribution in [2.75, 3.05) is 26.0 Å². The number of carbonyl (C=O) groups excluding carboxylic acids is 1. The summed E-state index contributed by atoms with van der Waals surface area (Å²) < 4.78 is 244. The predicted octanol–water partition coefficient (Wildman–Crippen LogP) is 7.22. The van der Waals surface area contributed by atoms with E-state index < -0.39 is 174 Å². The molecule has 0 fully saturated rings. The third-order valence-electron chi connectivity index (χ3n) is 6.53. The normalized spacial score (nSPS) is 21.1. The van der Waals surface area contributed by atoms with Gasteiger partial charge in [0.2, 0.25) is 5.91 Å². The van der Waals surface area contributed by atoms with Crippen molar-refractivity contribution in [3.8, 4) is 11.1 Å². The summed E-state index contributed by atoms with van der Waals surface area (Å²) in [7, 11) is 0. The second-order valence-corrected chi connectivity index (χ2v) is 10.3. The molecule has 0 unspecified atom stereocenters. The van der Waals surface area contributed by atoms with Crippen molar-refractivity contribution in [2.45, 2.75) is 63.2 Å². The van der Waals surface area contributed by atoms with Crippen LogP contribution in [-0.2, 0) is 42.6 Å². The number of amides is 1. The second kappa shape index (κ2) is 15.3. The lowest BCUT2D eigenvalue weighted by Gasteiger charge is -2.28. The van der Waals surface area contributed by atoms with Crippen LogP contribution < -0.4 is 5.56 Å². The number of alkyl halides is 3. The molecule has 1 aromatic heterocycles. The summed E-state index contributed by atoms with van der Waals surface area (Å²) in [6.07, 6.45) is -5.23. The number of hydrogen-bond acceptors (Lipinski definition) is 5. The van der Waals surface area contributed by atoms with Gasteiger partial charge in [-0.3, -0.25) is 9.59 Å². The first-order valence-electron chi connectivity index (χ1n) is 24.6. The van der Waals surface area contributed by atoms with Gasteiger partial charge < -0.3 is 14.4 Å². The molecule has 6 nitrogen and oxygen atoms in total. The van der Waals surface area contributed by atoms with E-state index in [1.165, 1.54) is 0 Å². The molecule has 0 saturated heterocycles. The number of thioether (sulfide) groups is 1. The van der Waals surface area contributed by atoms with Gasteiger partial charge in [0.15, 0.2) is 5.16 Å². The summed E-state index contributed by atoms with van der Waals surface area (Å²) in [6, 6.07) is -16.1. The van der Waals surface area contributed by atoms with Crippen LogP contribution in [0.5, 0.6) is 0 Å². The highest BCUT2D eigenvalue weighted by atomic mass is 32.2. The van der Waals surface area contributed by atoms with E-state index in [4.69, 9.17) is 27.4 Å². The molecule has 5 rings (SSSR count). The molecular formula is C36H38F4N4O2S. The third-order valence-corrected chi connectivity index (χ3v) is 7.33. The van der Waals surface area contributed by atoms with Crippen LogP contribution in [0.25, 0.3) is 11.1 Å². The number of carbonyl (C=O) groups is 1. The molecule has 4 aromatic rings. The minimum absolute atomic E-state index is 0.0280. The Bertz CT molecular complexity index is 2750. The van der Waals surface area contributed by atoms with Crippen molar-refractivity contribution >= 4 is 17.7 Å². The van der Waals surface area contributed by atoms with Gasteiger partial charge in [0.25, 0.3) is 5.56 Å². The minimum atomic E-state index is -5.42. The van der Waals surface area contributed by atoms with E-state index in [9.17, 15) is 29.9 Å². The van der Waals surface area contributed by atoms with Crippen LogP contribution in [0.2, 0.25) is 0 Å². The lowest BCUT2D eigenvalue weighted by atomic mass is 10.0. The summed E-state index contributed by atoms with van der Waals surface area (Å²) in [4.78, 5) is 31.8. The molecule has 1 aliphatic carbocycles. The summed E-state index contributed by atoms with van der Waals surface area (Å²) in [5.74, 6) is -3.26. The minimum Gasteiger partial charge on any atom is -0.336 e. The van der Waals surface area contributed by atoms with Gasteiger partial charge in [-0.2, -0.15) is 18.2 Å². The average molecular weight is 689 g/mol. The highest BCUT2D eigenvalue weighted by Gasteiger charge is 2.30. The van der Waals surface area contributed by atoms with Gasteiger partial charge in [-0.25, -0.2) is 4.39 Å². The monoisotopic (exact) mass is 688 g/mol. The Hall–Kier alpha value is -3.96. The van der Waals surface area contributed by atoms with E-state index in [-0.39, 0.29) is 52.1 Å². The zero-order chi connectivity index (χ0) is 53.0. The van der Waals surface area contributed by atoms with E-state index in [0.717, 1.165) is 4.57 Å². The smallest absolute Gasteiger partial charge is 0.336 e. The first-order valence-corrected chi connectivity index (χ1v) is 14.4. The Morgan fingerprint density at radius 1 is 0.936 bits per heavy atom. The molecule has 0 radical (unpaired) electrons. The SMILES string of the molecule is [2H]c1c([2H])c(C([2H])([2H])Sc2nc(=O)c3c(n2CC(=O)N(Cc2c([2H])c([2H])c(-c4c([2H])c([2H])c(C(F)(F)F)c([2H])c4[2H])c([2H])c2[2H])C([2H])([2H])C([2H])([2H])N(C([2H])([2H])C)C([2H])([2H])C)CCC3)c([2H])c([2H])c1F. The number of likely N-dealkylation sites (N-methyl/N-ethyl adjacent to an activating group) is 1. The number of benzene rings is 3. The Kier molecular flexibility index (Phi) is 5.19. The Morgan fingerprint density at radius 3 is 2.17 bits per heavy atom. The summed E-state index contributed by atoms with van der Waals surface area (Å²) in [5, 5.41) is -0.745. The quantitative estimate of drug-likeness (QED) is 0.0844. The summed E-state index contributed by atoms with van der Waals surface area (Å²) in [6.45, 7) is -15.8. The Labute approximate surface area is 307 Å². The van der Waals surface area contributed by atoms with E-state index in [2.05, 4.69) is 4.98 Å². The number of rotatable bonds is 13. The summed E-state index contributed by atoms with van der Waals surface area (Å²) in [5.41, 5.74) is -10.4. The van der Waals surface area contributed by atoms with Gasteiger partial charge in [-0.1, -0.05) is 73.9 Å². The van der Waals surface area contributed by atoms with Crippen molar-refractivity contribution in [3.63, 3.8) is 0 Å². The molecule has 1 heterocycles. The number of hydrogen-bond donors (Lipinski definition) is 0. The highest BCUT2D eigenvalue weighted by Crippen LogP contribution is 2.31. The number of aromatic nitrogens is 2. The highest BCUT2D eigenvalue weighted by molar-refractivity contribution is 7.98. The van der Waals surface area contributed by atoms with Gasteiger partial charge >= 0.3 is 6.18 Å².